The summed E-state index contributed by atoms with van der Waals surface area (Å²) in [6.45, 7) is 5.14. The minimum Gasteiger partial charge on any atom is -0.379 e. The van der Waals surface area contributed by atoms with Gasteiger partial charge >= 0.3 is 0 Å². The lowest BCUT2D eigenvalue weighted by molar-refractivity contribution is 0.0143. The van der Waals surface area contributed by atoms with Crippen molar-refractivity contribution in [1.29, 1.82) is 0 Å². The van der Waals surface area contributed by atoms with Crippen molar-refractivity contribution in [3.8, 4) is 11.1 Å². The zero-order chi connectivity index (χ0) is 37.6. The number of allylic oxidation sites excluding steroid dienone is 4. The predicted octanol–water partition coefficient (Wildman–Crippen LogP) is 11.0. The second kappa shape index (κ2) is 22.6. The van der Waals surface area contributed by atoms with Crippen LogP contribution in [0, 0.1) is 0 Å². The van der Waals surface area contributed by atoms with Gasteiger partial charge in [-0.15, -0.1) is 0 Å². The molecule has 5 aromatic carbocycles. The van der Waals surface area contributed by atoms with Gasteiger partial charge in [0, 0.05) is 61.5 Å². The van der Waals surface area contributed by atoms with Gasteiger partial charge in [0.1, 0.15) is 0 Å². The number of hydrogen-bond acceptors (Lipinski definition) is 7. The van der Waals surface area contributed by atoms with Crippen LogP contribution in [0.4, 0.5) is 22.7 Å². The van der Waals surface area contributed by atoms with E-state index in [4.69, 9.17) is 14.2 Å². The van der Waals surface area contributed by atoms with Crippen LogP contribution in [0.3, 0.4) is 0 Å². The van der Waals surface area contributed by atoms with E-state index in [1.54, 1.807) is 0 Å². The van der Waals surface area contributed by atoms with Crippen LogP contribution >= 0.6 is 0 Å². The molecule has 282 valence electrons. The molecule has 6 rings (SSSR count). The Hall–Kier alpha value is -5.60. The summed E-state index contributed by atoms with van der Waals surface area (Å²) in [7, 11) is 0. The number of nitrogens with one attached hydrogen (secondary N) is 2. The van der Waals surface area contributed by atoms with Crippen LogP contribution in [0.25, 0.3) is 16.7 Å². The number of para-hydroxylation sites is 2. The summed E-state index contributed by atoms with van der Waals surface area (Å²) in [5.41, 5.74) is 11.7. The van der Waals surface area contributed by atoms with Gasteiger partial charge in [0.25, 0.3) is 0 Å². The van der Waals surface area contributed by atoms with Crippen LogP contribution in [0.2, 0.25) is 0 Å². The lowest BCUT2D eigenvalue weighted by Gasteiger charge is -2.13. The Bertz CT molecular complexity index is 1950. The van der Waals surface area contributed by atoms with Crippen molar-refractivity contribution in [2.45, 2.75) is 25.7 Å². The van der Waals surface area contributed by atoms with Gasteiger partial charge in [-0.1, -0.05) is 97.1 Å². The van der Waals surface area contributed by atoms with E-state index in [9.17, 15) is 0 Å². The molecule has 1 aliphatic carbocycles. The molecular weight excluding hydrogens is 681 g/mol. The van der Waals surface area contributed by atoms with Gasteiger partial charge in [-0.25, -0.2) is 0 Å². The molecule has 0 amide bonds. The number of rotatable bonds is 22. The first-order chi connectivity index (χ1) is 27.3. The van der Waals surface area contributed by atoms with Crippen molar-refractivity contribution in [2.24, 2.45) is 9.98 Å². The highest BCUT2D eigenvalue weighted by molar-refractivity contribution is 5.83. The Morgan fingerprint density at radius 3 is 1.40 bits per heavy atom. The minimum atomic E-state index is 0.567. The van der Waals surface area contributed by atoms with E-state index in [-0.39, 0.29) is 0 Å². The molecule has 7 nitrogen and oxygen atoms in total. The molecule has 5 aromatic rings. The van der Waals surface area contributed by atoms with E-state index in [1.165, 1.54) is 27.8 Å². The van der Waals surface area contributed by atoms with Gasteiger partial charge < -0.3 is 24.8 Å². The first-order valence-electron chi connectivity index (χ1n) is 19.4. The van der Waals surface area contributed by atoms with Gasteiger partial charge in [0.2, 0.25) is 0 Å². The third-order valence-corrected chi connectivity index (χ3v) is 9.08. The van der Waals surface area contributed by atoms with E-state index in [0.29, 0.717) is 39.6 Å². The largest absolute Gasteiger partial charge is 0.379 e. The molecule has 0 spiro atoms. The molecular formula is C48H52N4O3. The molecule has 0 aliphatic heterocycles. The summed E-state index contributed by atoms with van der Waals surface area (Å²) in [4.78, 5) is 9.17. The van der Waals surface area contributed by atoms with Crippen LogP contribution in [0.5, 0.6) is 0 Å². The topological polar surface area (TPSA) is 76.5 Å². The summed E-state index contributed by atoms with van der Waals surface area (Å²) in [6.07, 6.45) is 12.2. The van der Waals surface area contributed by atoms with Gasteiger partial charge in [-0.2, -0.15) is 0 Å². The van der Waals surface area contributed by atoms with Crippen molar-refractivity contribution >= 4 is 40.8 Å². The summed E-state index contributed by atoms with van der Waals surface area (Å²) in [5.74, 6) is 0. The maximum atomic E-state index is 5.70. The molecule has 0 fully saturated rings. The third kappa shape index (κ3) is 14.0. The zero-order valence-electron chi connectivity index (χ0n) is 31.6. The second-order valence-electron chi connectivity index (χ2n) is 13.3. The van der Waals surface area contributed by atoms with Crippen molar-refractivity contribution in [1.82, 2.24) is 0 Å². The summed E-state index contributed by atoms with van der Waals surface area (Å²) < 4.78 is 17.0. The Labute approximate surface area is 326 Å². The summed E-state index contributed by atoms with van der Waals surface area (Å²) in [5, 5.41) is 6.87. The molecule has 0 saturated carbocycles. The number of aliphatic imine (C=N–C) groups is 2. The quantitative estimate of drug-likeness (QED) is 0.0547. The number of hydrogen-bond donors (Lipinski definition) is 2. The van der Waals surface area contributed by atoms with Gasteiger partial charge in [0.15, 0.2) is 0 Å². The second-order valence-corrected chi connectivity index (χ2v) is 13.3. The Morgan fingerprint density at radius 1 is 0.436 bits per heavy atom. The molecule has 0 radical (unpaired) electrons. The normalized spacial score (nSPS) is 12.9. The van der Waals surface area contributed by atoms with E-state index < -0.39 is 0 Å². The van der Waals surface area contributed by atoms with Crippen molar-refractivity contribution in [2.75, 3.05) is 63.4 Å². The molecule has 0 saturated heterocycles. The van der Waals surface area contributed by atoms with E-state index in [0.717, 1.165) is 67.1 Å². The fraction of sp³-hybridized carbons (Fsp3) is 0.250. The van der Waals surface area contributed by atoms with Gasteiger partial charge in [-0.05, 0) is 108 Å². The maximum Gasteiger partial charge on any atom is 0.0701 e. The van der Waals surface area contributed by atoms with E-state index >= 15 is 0 Å². The molecule has 0 aromatic heterocycles. The lowest BCUT2D eigenvalue weighted by Crippen LogP contribution is -2.10. The monoisotopic (exact) mass is 732 g/mol. The number of anilines is 4. The van der Waals surface area contributed by atoms with Crippen molar-refractivity contribution < 1.29 is 14.2 Å². The van der Waals surface area contributed by atoms with E-state index in [2.05, 4.69) is 130 Å². The summed E-state index contributed by atoms with van der Waals surface area (Å²) in [6, 6.07) is 46.1. The predicted molar refractivity (Wildman–Crippen MR) is 231 cm³/mol. The lowest BCUT2D eigenvalue weighted by atomic mass is 9.93. The number of ether oxygens (including phenoxy) is 3. The molecule has 7 heteroatoms. The third-order valence-electron chi connectivity index (χ3n) is 9.08. The van der Waals surface area contributed by atoms with Crippen LogP contribution in [-0.2, 0) is 14.2 Å². The van der Waals surface area contributed by atoms with E-state index in [1.807, 2.05) is 48.8 Å². The number of nitrogens with zero attached hydrogens (tertiary/aromatic N) is 2. The van der Waals surface area contributed by atoms with Crippen LogP contribution in [-0.4, -0.2) is 65.2 Å². The van der Waals surface area contributed by atoms with Crippen LogP contribution in [0.15, 0.2) is 161 Å². The molecule has 1 aliphatic rings. The highest BCUT2D eigenvalue weighted by atomic mass is 16.5. The standard InChI is InChI=1S/C48H52N4O3/c1-3-9-45(10-4-1)51-47-25-21-43(22-26-47)41-17-13-39(14-18-41)37-49-29-7-31-53-33-35-55-36-34-54-32-8-30-50-38-40-15-19-42(20-16-40)44-23-27-48(28-24-44)52-46-11-5-2-6-12-46/h1-6,9-15,17-19,21-28,37-38,51-52H,7-8,16,20,29-36H2. The minimum absolute atomic E-state index is 0.567. The smallest absolute Gasteiger partial charge is 0.0701 e. The van der Waals surface area contributed by atoms with Crippen molar-refractivity contribution in [3.05, 3.63) is 162 Å². The first kappa shape index (κ1) is 39.1. The van der Waals surface area contributed by atoms with Crippen LogP contribution in [0.1, 0.15) is 36.8 Å². The molecule has 55 heavy (non-hydrogen) atoms. The molecule has 0 heterocycles. The average Bonchev–Trinajstić information content (AvgIpc) is 3.24. The molecule has 2 N–H and O–H groups in total. The Kier molecular flexibility index (Phi) is 16.1. The maximum absolute atomic E-state index is 5.70. The first-order valence-corrected chi connectivity index (χ1v) is 19.4. The highest BCUT2D eigenvalue weighted by Gasteiger charge is 2.08. The fourth-order valence-corrected chi connectivity index (χ4v) is 6.06. The Morgan fingerprint density at radius 2 is 0.891 bits per heavy atom. The van der Waals surface area contributed by atoms with Gasteiger partial charge in [-0.3, -0.25) is 9.98 Å². The highest BCUT2D eigenvalue weighted by Crippen LogP contribution is 2.28. The molecule has 0 unspecified atom stereocenters. The van der Waals surface area contributed by atoms with Crippen molar-refractivity contribution in [3.63, 3.8) is 0 Å². The Balaban J connectivity index is 0.734. The molecule has 0 bridgehead atoms. The fourth-order valence-electron chi connectivity index (χ4n) is 6.06. The van der Waals surface area contributed by atoms with Gasteiger partial charge in [0.05, 0.1) is 26.4 Å². The SMILES string of the molecule is C(=NCCCOCCOCCOCCCN=Cc1ccc(-c2ccc(Nc3ccccc3)cc2)cc1)C1=CC=C(c2ccc(Nc3ccccc3)cc2)CC1. The number of benzene rings is 5. The summed E-state index contributed by atoms with van der Waals surface area (Å²) >= 11 is 0. The zero-order valence-corrected chi connectivity index (χ0v) is 31.6. The van der Waals surface area contributed by atoms with Crippen LogP contribution < -0.4 is 10.6 Å². The average molecular weight is 733 g/mol. The molecule has 0 atom stereocenters.